The molecule has 21 heavy (non-hydrogen) atoms. The van der Waals surface area contributed by atoms with E-state index in [0.29, 0.717) is 26.1 Å². The average Bonchev–Trinajstić information content (AvgIpc) is 2.38. The Kier molecular flexibility index (Phi) is 7.48. The molecule has 0 bridgehead atoms. The minimum atomic E-state index is -0.413. The van der Waals surface area contributed by atoms with Crippen LogP contribution in [0.15, 0.2) is 0 Å². The maximum Gasteiger partial charge on any atom is 0.407 e. The van der Waals surface area contributed by atoms with Crippen molar-refractivity contribution in [1.82, 2.24) is 10.2 Å². The third-order valence-electron chi connectivity index (χ3n) is 3.85. The Labute approximate surface area is 127 Å². The van der Waals surface area contributed by atoms with E-state index in [1.807, 2.05) is 18.7 Å². The SMILES string of the molecule is CCOC(=O)NC1CC(CC(O)C(C)C)CN(CC#N)C1. The number of aliphatic hydroxyl groups excluding tert-OH is 1. The molecule has 6 nitrogen and oxygen atoms in total. The van der Waals surface area contributed by atoms with Crippen LogP contribution in [0.4, 0.5) is 4.79 Å². The molecule has 2 N–H and O–H groups in total. The summed E-state index contributed by atoms with van der Waals surface area (Å²) < 4.78 is 4.91. The maximum absolute atomic E-state index is 11.5. The van der Waals surface area contributed by atoms with E-state index in [4.69, 9.17) is 10.00 Å². The standard InChI is InChI=1S/C15H27N3O3/c1-4-21-15(20)17-13-7-12(8-14(19)11(2)3)9-18(10-13)6-5-16/h11-14,19H,4,6-10H2,1-3H3,(H,17,20). The van der Waals surface area contributed by atoms with Gasteiger partial charge in [0.15, 0.2) is 0 Å². The second-order valence-corrected chi connectivity index (χ2v) is 6.06. The van der Waals surface area contributed by atoms with Crippen molar-refractivity contribution in [3.8, 4) is 6.07 Å². The molecule has 0 aliphatic carbocycles. The number of hydrogen-bond acceptors (Lipinski definition) is 5. The topological polar surface area (TPSA) is 85.6 Å². The number of hydrogen-bond donors (Lipinski definition) is 2. The molecular formula is C15H27N3O3. The predicted molar refractivity (Wildman–Crippen MR) is 79.6 cm³/mol. The number of nitriles is 1. The van der Waals surface area contributed by atoms with Gasteiger partial charge in [0, 0.05) is 19.1 Å². The number of rotatable bonds is 6. The van der Waals surface area contributed by atoms with Crippen molar-refractivity contribution in [2.75, 3.05) is 26.2 Å². The molecule has 0 aromatic carbocycles. The predicted octanol–water partition coefficient (Wildman–Crippen LogP) is 1.35. The molecule has 0 saturated carbocycles. The normalized spacial score (nSPS) is 24.4. The summed E-state index contributed by atoms with van der Waals surface area (Å²) in [5.74, 6) is 0.490. The van der Waals surface area contributed by atoms with Crippen LogP contribution in [0.1, 0.15) is 33.6 Å². The van der Waals surface area contributed by atoms with Crippen LogP contribution >= 0.6 is 0 Å². The number of amides is 1. The van der Waals surface area contributed by atoms with Crippen LogP contribution < -0.4 is 5.32 Å². The first-order valence-corrected chi connectivity index (χ1v) is 7.66. The number of piperidine rings is 1. The van der Waals surface area contributed by atoms with Gasteiger partial charge in [0.25, 0.3) is 0 Å². The van der Waals surface area contributed by atoms with E-state index in [0.717, 1.165) is 13.0 Å². The third kappa shape index (κ3) is 6.32. The largest absolute Gasteiger partial charge is 0.450 e. The summed E-state index contributed by atoms with van der Waals surface area (Å²) in [6.07, 6.45) is 0.746. The first kappa shape index (κ1) is 17.7. The molecule has 1 saturated heterocycles. The lowest BCUT2D eigenvalue weighted by molar-refractivity contribution is 0.0638. The molecule has 0 aromatic heterocycles. The molecule has 1 rings (SSSR count). The number of alkyl carbamates (subject to hydrolysis) is 1. The number of aliphatic hydroxyl groups is 1. The Morgan fingerprint density at radius 1 is 1.52 bits per heavy atom. The minimum Gasteiger partial charge on any atom is -0.450 e. The first-order valence-electron chi connectivity index (χ1n) is 7.66. The van der Waals surface area contributed by atoms with Gasteiger partial charge >= 0.3 is 6.09 Å². The molecule has 3 unspecified atom stereocenters. The zero-order chi connectivity index (χ0) is 15.8. The number of nitrogens with zero attached hydrogens (tertiary/aromatic N) is 2. The molecule has 0 aromatic rings. The molecule has 120 valence electrons. The summed E-state index contributed by atoms with van der Waals surface area (Å²) in [5.41, 5.74) is 0. The lowest BCUT2D eigenvalue weighted by Gasteiger charge is -2.37. The van der Waals surface area contributed by atoms with Crippen LogP contribution in [-0.2, 0) is 4.74 Å². The summed E-state index contributed by atoms with van der Waals surface area (Å²) >= 11 is 0. The summed E-state index contributed by atoms with van der Waals surface area (Å²) in [6, 6.07) is 2.12. The van der Waals surface area contributed by atoms with E-state index in [9.17, 15) is 9.90 Å². The number of ether oxygens (including phenoxy) is 1. The zero-order valence-electron chi connectivity index (χ0n) is 13.2. The van der Waals surface area contributed by atoms with Crippen LogP contribution in [0, 0.1) is 23.2 Å². The molecule has 1 amide bonds. The molecule has 1 heterocycles. The quantitative estimate of drug-likeness (QED) is 0.723. The lowest BCUT2D eigenvalue weighted by atomic mass is 9.87. The Morgan fingerprint density at radius 2 is 2.24 bits per heavy atom. The summed E-state index contributed by atoms with van der Waals surface area (Å²) in [4.78, 5) is 13.6. The van der Waals surface area contributed by atoms with Crippen LogP contribution in [0.25, 0.3) is 0 Å². The van der Waals surface area contributed by atoms with Gasteiger partial charge in [0.05, 0.1) is 25.3 Å². The van der Waals surface area contributed by atoms with Crippen molar-refractivity contribution >= 4 is 6.09 Å². The van der Waals surface area contributed by atoms with E-state index in [-0.39, 0.29) is 24.0 Å². The van der Waals surface area contributed by atoms with Crippen molar-refractivity contribution in [3.05, 3.63) is 0 Å². The monoisotopic (exact) mass is 297 g/mol. The maximum atomic E-state index is 11.5. The highest BCUT2D eigenvalue weighted by Gasteiger charge is 2.30. The zero-order valence-corrected chi connectivity index (χ0v) is 13.2. The minimum absolute atomic E-state index is 0.0319. The van der Waals surface area contributed by atoms with Crippen LogP contribution in [0.2, 0.25) is 0 Å². The van der Waals surface area contributed by atoms with Gasteiger partial charge in [-0.2, -0.15) is 5.26 Å². The molecule has 0 radical (unpaired) electrons. The Hall–Kier alpha value is -1.32. The van der Waals surface area contributed by atoms with Crippen molar-refractivity contribution in [1.29, 1.82) is 5.26 Å². The fourth-order valence-electron chi connectivity index (χ4n) is 2.76. The average molecular weight is 297 g/mol. The van der Waals surface area contributed by atoms with Gasteiger partial charge in [0.1, 0.15) is 0 Å². The molecule has 1 aliphatic rings. The fraction of sp³-hybridized carbons (Fsp3) is 0.867. The Morgan fingerprint density at radius 3 is 2.81 bits per heavy atom. The number of nitrogens with one attached hydrogen (secondary N) is 1. The van der Waals surface area contributed by atoms with Crippen molar-refractivity contribution < 1.29 is 14.6 Å². The van der Waals surface area contributed by atoms with Gasteiger partial charge in [-0.1, -0.05) is 13.8 Å². The highest BCUT2D eigenvalue weighted by molar-refractivity contribution is 5.67. The van der Waals surface area contributed by atoms with Crippen molar-refractivity contribution in [2.24, 2.45) is 11.8 Å². The molecular weight excluding hydrogens is 270 g/mol. The van der Waals surface area contributed by atoms with Crippen molar-refractivity contribution in [2.45, 2.75) is 45.8 Å². The van der Waals surface area contributed by atoms with Gasteiger partial charge in [0.2, 0.25) is 0 Å². The van der Waals surface area contributed by atoms with Crippen LogP contribution in [0.3, 0.4) is 0 Å². The van der Waals surface area contributed by atoms with Gasteiger partial charge in [-0.3, -0.25) is 4.90 Å². The van der Waals surface area contributed by atoms with E-state index in [2.05, 4.69) is 11.4 Å². The second kappa shape index (κ2) is 8.85. The number of carbonyl (C=O) groups excluding carboxylic acids is 1. The second-order valence-electron chi connectivity index (χ2n) is 6.06. The summed E-state index contributed by atoms with van der Waals surface area (Å²) in [6.45, 7) is 7.89. The van der Waals surface area contributed by atoms with Gasteiger partial charge in [-0.25, -0.2) is 4.79 Å². The van der Waals surface area contributed by atoms with E-state index >= 15 is 0 Å². The fourth-order valence-corrected chi connectivity index (χ4v) is 2.76. The summed E-state index contributed by atoms with van der Waals surface area (Å²) in [7, 11) is 0. The number of likely N-dealkylation sites (tertiary alicyclic amines) is 1. The Balaban J connectivity index is 2.59. The highest BCUT2D eigenvalue weighted by Crippen LogP contribution is 2.23. The van der Waals surface area contributed by atoms with Gasteiger partial charge < -0.3 is 15.2 Å². The summed E-state index contributed by atoms with van der Waals surface area (Å²) in [5, 5.41) is 21.8. The number of carbonyl (C=O) groups is 1. The molecule has 0 spiro atoms. The molecule has 6 heteroatoms. The smallest absolute Gasteiger partial charge is 0.407 e. The molecule has 3 atom stereocenters. The van der Waals surface area contributed by atoms with Gasteiger partial charge in [-0.15, -0.1) is 0 Å². The lowest BCUT2D eigenvalue weighted by Crippen LogP contribution is -2.51. The van der Waals surface area contributed by atoms with Crippen molar-refractivity contribution in [3.63, 3.8) is 0 Å². The van der Waals surface area contributed by atoms with Crippen LogP contribution in [-0.4, -0.2) is 54.5 Å². The van der Waals surface area contributed by atoms with E-state index in [1.165, 1.54) is 0 Å². The van der Waals surface area contributed by atoms with Crippen LogP contribution in [0.5, 0.6) is 0 Å². The molecule has 1 aliphatic heterocycles. The van der Waals surface area contributed by atoms with E-state index in [1.54, 1.807) is 6.92 Å². The van der Waals surface area contributed by atoms with E-state index < -0.39 is 6.09 Å². The molecule has 1 fully saturated rings. The first-order chi connectivity index (χ1) is 9.96. The van der Waals surface area contributed by atoms with Gasteiger partial charge in [-0.05, 0) is 31.6 Å². The Bertz CT molecular complexity index is 368. The highest BCUT2D eigenvalue weighted by atomic mass is 16.5. The third-order valence-corrected chi connectivity index (χ3v) is 3.85.